The van der Waals surface area contributed by atoms with Crippen molar-refractivity contribution in [1.29, 1.82) is 0 Å². The zero-order valence-electron chi connectivity index (χ0n) is 17.1. The number of benzene rings is 2. The van der Waals surface area contributed by atoms with Crippen molar-refractivity contribution in [2.24, 2.45) is 5.92 Å². The van der Waals surface area contributed by atoms with Crippen LogP contribution in [-0.2, 0) is 9.53 Å². The number of carboxylic acid groups (broad SMARTS) is 1. The van der Waals surface area contributed by atoms with Gasteiger partial charge in [0, 0.05) is 12.1 Å². The summed E-state index contributed by atoms with van der Waals surface area (Å²) in [7, 11) is 1.65. The number of rotatable bonds is 7. The second-order valence-corrected chi connectivity index (χ2v) is 6.48. The molecular formula is C23H27NO5. The van der Waals surface area contributed by atoms with Gasteiger partial charge in [-0.25, -0.2) is 4.79 Å². The van der Waals surface area contributed by atoms with Crippen molar-refractivity contribution in [3.63, 3.8) is 0 Å². The molecule has 0 aliphatic heterocycles. The van der Waals surface area contributed by atoms with Crippen LogP contribution in [0.5, 0.6) is 5.75 Å². The summed E-state index contributed by atoms with van der Waals surface area (Å²) in [4.78, 5) is 22.3. The number of ether oxygens (including phenoxy) is 2. The molecule has 1 aliphatic rings. The fourth-order valence-corrected chi connectivity index (χ4v) is 2.89. The van der Waals surface area contributed by atoms with E-state index >= 15 is 0 Å². The van der Waals surface area contributed by atoms with E-state index in [0.29, 0.717) is 12.5 Å². The zero-order valence-corrected chi connectivity index (χ0v) is 17.1. The van der Waals surface area contributed by atoms with Crippen molar-refractivity contribution in [2.45, 2.75) is 26.7 Å². The number of nitrogens with zero attached hydrogens (tertiary/aromatic N) is 1. The van der Waals surface area contributed by atoms with Crippen LogP contribution in [0.1, 0.15) is 37.0 Å². The maximum atomic E-state index is 12.2. The normalized spacial score (nSPS) is 13.5. The number of carbonyl (C=O) groups excluding carboxylic acids is 2. The van der Waals surface area contributed by atoms with Crippen molar-refractivity contribution in [3.8, 4) is 5.75 Å². The molecule has 6 nitrogen and oxygen atoms in total. The lowest BCUT2D eigenvalue weighted by atomic mass is 10.2. The van der Waals surface area contributed by atoms with E-state index in [1.165, 1.54) is 12.1 Å². The predicted octanol–water partition coefficient (Wildman–Crippen LogP) is 2.82. The first-order valence-electron chi connectivity index (χ1n) is 9.73. The van der Waals surface area contributed by atoms with Gasteiger partial charge in [0.2, 0.25) is 5.69 Å². The highest BCUT2D eigenvalue weighted by Crippen LogP contribution is 2.32. The van der Waals surface area contributed by atoms with Gasteiger partial charge in [-0.1, -0.05) is 30.3 Å². The van der Waals surface area contributed by atoms with Crippen molar-refractivity contribution < 1.29 is 28.7 Å². The maximum Gasteiger partial charge on any atom is 0.399 e. The summed E-state index contributed by atoms with van der Waals surface area (Å²) in [5.41, 5.74) is 2.01. The first-order valence-corrected chi connectivity index (χ1v) is 9.73. The second kappa shape index (κ2) is 11.0. The Kier molecular flexibility index (Phi) is 8.40. The van der Waals surface area contributed by atoms with E-state index in [4.69, 9.17) is 9.47 Å². The lowest BCUT2D eigenvalue weighted by Gasteiger charge is -2.08. The van der Waals surface area contributed by atoms with E-state index in [9.17, 15) is 14.7 Å². The summed E-state index contributed by atoms with van der Waals surface area (Å²) in [5, 5.41) is 10.1. The minimum Gasteiger partial charge on any atom is -0.545 e. The van der Waals surface area contributed by atoms with E-state index in [1.54, 1.807) is 25.3 Å². The number of carboxylic acids is 1. The summed E-state index contributed by atoms with van der Waals surface area (Å²) < 4.78 is 12.4. The highest BCUT2D eigenvalue weighted by atomic mass is 16.5. The van der Waals surface area contributed by atoms with Gasteiger partial charge in [0.05, 0.1) is 25.6 Å². The summed E-state index contributed by atoms with van der Waals surface area (Å²) >= 11 is 0. The van der Waals surface area contributed by atoms with Gasteiger partial charge in [-0.05, 0) is 44.4 Å². The van der Waals surface area contributed by atoms with Crippen molar-refractivity contribution >= 4 is 23.3 Å². The van der Waals surface area contributed by atoms with Crippen LogP contribution in [0.15, 0.2) is 54.6 Å². The Balaban J connectivity index is 0.000000278. The van der Waals surface area contributed by atoms with Gasteiger partial charge in [0.1, 0.15) is 12.3 Å². The summed E-state index contributed by atoms with van der Waals surface area (Å²) in [5.74, 6) is -0.159. The fourth-order valence-electron chi connectivity index (χ4n) is 2.89. The predicted molar refractivity (Wildman–Crippen MR) is 109 cm³/mol. The highest BCUT2D eigenvalue weighted by molar-refractivity contribution is 6.35. The third kappa shape index (κ3) is 6.45. The minimum absolute atomic E-state index is 0.187. The number of hydrogen-bond donors (Lipinski definition) is 0. The van der Waals surface area contributed by atoms with Crippen LogP contribution in [0.25, 0.3) is 0 Å². The fraction of sp³-hybridized carbons (Fsp3) is 0.348. The van der Waals surface area contributed by atoms with Crippen LogP contribution in [0, 0.1) is 5.92 Å². The van der Waals surface area contributed by atoms with Gasteiger partial charge in [-0.3, -0.25) is 0 Å². The van der Waals surface area contributed by atoms with E-state index in [1.807, 2.05) is 38.1 Å². The van der Waals surface area contributed by atoms with Crippen molar-refractivity contribution in [3.05, 3.63) is 60.2 Å². The van der Waals surface area contributed by atoms with Gasteiger partial charge in [0.15, 0.2) is 0 Å². The smallest absolute Gasteiger partial charge is 0.399 e. The summed E-state index contributed by atoms with van der Waals surface area (Å²) in [6, 6.07) is 15.8. The van der Waals surface area contributed by atoms with Gasteiger partial charge < -0.3 is 19.4 Å². The Bertz CT molecular complexity index is 839. The number of esters is 1. The standard InChI is InChI=1S/C16H22NO3.C7H6O2/c1-4-17(13-8-10-14(19-3)11-9-13)15(12-6-7-12)16(18)20-5-2;8-7(9)6-4-2-1-3-5-6/h8-12H,4-7H2,1-3H3;1-5H,(H,8,9)/q+1;/p-1. The second-order valence-electron chi connectivity index (χ2n) is 6.48. The summed E-state index contributed by atoms with van der Waals surface area (Å²) in [6.07, 6.45) is 2.14. The van der Waals surface area contributed by atoms with Crippen LogP contribution < -0.4 is 9.84 Å². The molecule has 154 valence electrons. The van der Waals surface area contributed by atoms with Crippen molar-refractivity contribution in [1.82, 2.24) is 0 Å². The molecule has 0 spiro atoms. The molecule has 2 aromatic rings. The monoisotopic (exact) mass is 397 g/mol. The first-order chi connectivity index (χ1) is 14.0. The van der Waals surface area contributed by atoms with E-state index in [0.717, 1.165) is 36.5 Å². The molecule has 0 saturated heterocycles. The molecule has 6 heteroatoms. The van der Waals surface area contributed by atoms with Gasteiger partial charge in [0.25, 0.3) is 5.71 Å². The lowest BCUT2D eigenvalue weighted by molar-refractivity contribution is -0.437. The average molecular weight is 397 g/mol. The van der Waals surface area contributed by atoms with Crippen LogP contribution in [0.3, 0.4) is 0 Å². The van der Waals surface area contributed by atoms with Crippen LogP contribution >= 0.6 is 0 Å². The van der Waals surface area contributed by atoms with E-state index < -0.39 is 5.97 Å². The number of carbonyl (C=O) groups is 2. The van der Waals surface area contributed by atoms with Gasteiger partial charge >= 0.3 is 5.97 Å². The molecule has 0 radical (unpaired) electrons. The first kappa shape index (κ1) is 22.1. The van der Waals surface area contributed by atoms with E-state index in [-0.39, 0.29) is 11.5 Å². The lowest BCUT2D eigenvalue weighted by Crippen LogP contribution is -2.29. The summed E-state index contributed by atoms with van der Waals surface area (Å²) in [6.45, 7) is 5.05. The minimum atomic E-state index is -1.13. The Labute approximate surface area is 171 Å². The van der Waals surface area contributed by atoms with Crippen LogP contribution in [0.2, 0.25) is 0 Å². The molecule has 1 aliphatic carbocycles. The Morgan fingerprint density at radius 3 is 2.07 bits per heavy atom. The van der Waals surface area contributed by atoms with E-state index in [2.05, 4.69) is 4.58 Å². The molecule has 29 heavy (non-hydrogen) atoms. The maximum absolute atomic E-state index is 12.2. The zero-order chi connectivity index (χ0) is 21.2. The molecule has 0 atom stereocenters. The quantitative estimate of drug-likeness (QED) is 0.408. The third-order valence-electron chi connectivity index (χ3n) is 4.45. The molecule has 0 N–H and O–H groups in total. The van der Waals surface area contributed by atoms with Crippen LogP contribution in [-0.4, -0.2) is 42.5 Å². The molecule has 1 fully saturated rings. The van der Waals surface area contributed by atoms with Gasteiger partial charge in [-0.2, -0.15) is 4.58 Å². The molecular weight excluding hydrogens is 370 g/mol. The molecule has 0 unspecified atom stereocenters. The molecule has 0 aromatic heterocycles. The molecule has 0 amide bonds. The number of hydrogen-bond acceptors (Lipinski definition) is 5. The number of methoxy groups -OCH3 is 1. The SMILES string of the molecule is CCOC(=O)C(C1CC1)=[N+](CC)c1ccc(OC)cc1.O=C([O-])c1ccccc1. The Morgan fingerprint density at radius 2 is 1.66 bits per heavy atom. The van der Waals surface area contributed by atoms with Crippen molar-refractivity contribution in [2.75, 3.05) is 20.3 Å². The Morgan fingerprint density at radius 1 is 1.03 bits per heavy atom. The average Bonchev–Trinajstić information content (AvgIpc) is 3.58. The van der Waals surface area contributed by atoms with Gasteiger partial charge in [-0.15, -0.1) is 0 Å². The molecule has 3 rings (SSSR count). The molecule has 0 bridgehead atoms. The number of aromatic carboxylic acids is 1. The Hall–Kier alpha value is -3.15. The topological polar surface area (TPSA) is 78.7 Å². The van der Waals surface area contributed by atoms with Crippen LogP contribution in [0.4, 0.5) is 5.69 Å². The highest BCUT2D eigenvalue weighted by Gasteiger charge is 2.41. The molecule has 1 saturated carbocycles. The molecule has 0 heterocycles. The largest absolute Gasteiger partial charge is 0.545 e. The molecule has 2 aromatic carbocycles. The third-order valence-corrected chi connectivity index (χ3v) is 4.45.